The Balaban J connectivity index is 1.43. The third-order valence-corrected chi connectivity index (χ3v) is 5.09. The number of nitrogens with zero attached hydrogens (tertiary/aromatic N) is 4. The molecule has 0 radical (unpaired) electrons. The highest BCUT2D eigenvalue weighted by atomic mass is 16.5. The van der Waals surface area contributed by atoms with E-state index in [0.717, 1.165) is 11.4 Å². The van der Waals surface area contributed by atoms with E-state index in [1.165, 1.54) is 6.20 Å². The average molecular weight is 340 g/mol. The quantitative estimate of drug-likeness (QED) is 0.844. The highest BCUT2D eigenvalue weighted by Crippen LogP contribution is 2.33. The van der Waals surface area contributed by atoms with Gasteiger partial charge in [0.15, 0.2) is 0 Å². The van der Waals surface area contributed by atoms with Crippen LogP contribution >= 0.6 is 0 Å². The molecule has 130 valence electrons. The molecular weight excluding hydrogens is 320 g/mol. The Morgan fingerprint density at radius 3 is 2.80 bits per heavy atom. The number of pyridine rings is 1. The van der Waals surface area contributed by atoms with Crippen molar-refractivity contribution in [3.8, 4) is 0 Å². The van der Waals surface area contributed by atoms with Gasteiger partial charge < -0.3 is 14.3 Å². The maximum atomic E-state index is 12.7. The van der Waals surface area contributed by atoms with Gasteiger partial charge in [-0.25, -0.2) is 0 Å². The molecule has 0 saturated carbocycles. The van der Waals surface area contributed by atoms with Crippen molar-refractivity contribution < 1.29 is 14.1 Å². The van der Waals surface area contributed by atoms with Gasteiger partial charge in [-0.3, -0.25) is 14.6 Å². The fourth-order valence-electron chi connectivity index (χ4n) is 3.81. The monoisotopic (exact) mass is 340 g/mol. The van der Waals surface area contributed by atoms with Crippen LogP contribution in [0, 0.1) is 25.7 Å². The first kappa shape index (κ1) is 15.8. The van der Waals surface area contributed by atoms with E-state index in [1.54, 1.807) is 11.8 Å². The molecule has 0 N–H and O–H groups in total. The van der Waals surface area contributed by atoms with E-state index in [0.29, 0.717) is 37.5 Å². The number of likely N-dealkylation sites (tertiary alicyclic amines) is 2. The van der Waals surface area contributed by atoms with Gasteiger partial charge in [0, 0.05) is 31.2 Å². The Kier molecular flexibility index (Phi) is 3.78. The van der Waals surface area contributed by atoms with Gasteiger partial charge in [0.1, 0.15) is 11.3 Å². The van der Waals surface area contributed by atoms with E-state index in [-0.39, 0.29) is 23.7 Å². The number of amides is 2. The second-order valence-electron chi connectivity index (χ2n) is 6.86. The maximum Gasteiger partial charge on any atom is 0.259 e. The minimum absolute atomic E-state index is 0.104. The summed E-state index contributed by atoms with van der Waals surface area (Å²) in [5, 5.41) is 3.66. The summed E-state index contributed by atoms with van der Waals surface area (Å²) in [5.74, 6) is 0.592. The van der Waals surface area contributed by atoms with Crippen LogP contribution in [0.15, 0.2) is 28.9 Å². The number of fused-ring (bicyclic) bond motifs is 1. The predicted molar refractivity (Wildman–Crippen MR) is 88.5 cm³/mol. The van der Waals surface area contributed by atoms with Crippen LogP contribution in [0.2, 0.25) is 0 Å². The first-order valence-electron chi connectivity index (χ1n) is 8.45. The molecule has 2 atom stereocenters. The van der Waals surface area contributed by atoms with Gasteiger partial charge in [0.2, 0.25) is 5.91 Å². The van der Waals surface area contributed by atoms with Gasteiger partial charge in [-0.15, -0.1) is 0 Å². The van der Waals surface area contributed by atoms with Crippen LogP contribution in [0.3, 0.4) is 0 Å². The molecule has 0 unspecified atom stereocenters. The molecule has 25 heavy (non-hydrogen) atoms. The molecular formula is C18H20N4O3. The van der Waals surface area contributed by atoms with Crippen molar-refractivity contribution >= 4 is 11.8 Å². The lowest BCUT2D eigenvalue weighted by atomic mass is 10.0. The molecule has 2 fully saturated rings. The SMILES string of the molecule is Cc1cccc(CN2C[C@@H]3CN(C(=O)c4cnoc4C)C[C@@H]3C2=O)n1. The van der Waals surface area contributed by atoms with Gasteiger partial charge in [0.05, 0.1) is 24.4 Å². The molecule has 2 aromatic heterocycles. The molecule has 7 nitrogen and oxygen atoms in total. The fourth-order valence-corrected chi connectivity index (χ4v) is 3.81. The van der Waals surface area contributed by atoms with Gasteiger partial charge in [-0.05, 0) is 26.0 Å². The van der Waals surface area contributed by atoms with Gasteiger partial charge >= 0.3 is 0 Å². The van der Waals surface area contributed by atoms with E-state index in [2.05, 4.69) is 10.1 Å². The topological polar surface area (TPSA) is 79.5 Å². The zero-order chi connectivity index (χ0) is 17.6. The zero-order valence-electron chi connectivity index (χ0n) is 14.3. The van der Waals surface area contributed by atoms with Gasteiger partial charge in [-0.2, -0.15) is 0 Å². The lowest BCUT2D eigenvalue weighted by Gasteiger charge is -2.21. The second kappa shape index (κ2) is 5.98. The first-order valence-corrected chi connectivity index (χ1v) is 8.45. The minimum Gasteiger partial charge on any atom is -0.361 e. The molecule has 4 heterocycles. The Hall–Kier alpha value is -2.70. The van der Waals surface area contributed by atoms with Crippen LogP contribution in [0.4, 0.5) is 0 Å². The molecule has 7 heteroatoms. The summed E-state index contributed by atoms with van der Waals surface area (Å²) < 4.78 is 4.97. The van der Waals surface area contributed by atoms with Crippen LogP contribution in [0.25, 0.3) is 0 Å². The molecule has 0 aliphatic carbocycles. The number of hydrogen-bond acceptors (Lipinski definition) is 5. The highest BCUT2D eigenvalue weighted by molar-refractivity contribution is 5.95. The van der Waals surface area contributed by atoms with Crippen LogP contribution in [0.1, 0.15) is 27.5 Å². The van der Waals surface area contributed by atoms with Crippen molar-refractivity contribution in [1.82, 2.24) is 19.9 Å². The van der Waals surface area contributed by atoms with Crippen LogP contribution in [-0.4, -0.2) is 51.4 Å². The van der Waals surface area contributed by atoms with Crippen LogP contribution in [0.5, 0.6) is 0 Å². The third-order valence-electron chi connectivity index (χ3n) is 5.09. The van der Waals surface area contributed by atoms with Gasteiger partial charge in [0.25, 0.3) is 5.91 Å². The van der Waals surface area contributed by atoms with Crippen molar-refractivity contribution in [2.24, 2.45) is 11.8 Å². The van der Waals surface area contributed by atoms with Crippen LogP contribution in [-0.2, 0) is 11.3 Å². The Morgan fingerprint density at radius 2 is 2.12 bits per heavy atom. The fraction of sp³-hybridized carbons (Fsp3) is 0.444. The summed E-state index contributed by atoms with van der Waals surface area (Å²) in [6.45, 7) is 5.93. The average Bonchev–Trinajstić information content (AvgIpc) is 3.25. The summed E-state index contributed by atoms with van der Waals surface area (Å²) in [7, 11) is 0. The number of rotatable bonds is 3. The summed E-state index contributed by atoms with van der Waals surface area (Å²) in [6, 6.07) is 5.85. The van der Waals surface area contributed by atoms with E-state index in [9.17, 15) is 9.59 Å². The molecule has 2 aliphatic rings. The number of carbonyl (C=O) groups is 2. The summed E-state index contributed by atoms with van der Waals surface area (Å²) in [5.41, 5.74) is 2.33. The van der Waals surface area contributed by atoms with Crippen LogP contribution < -0.4 is 0 Å². The minimum atomic E-state index is -0.117. The summed E-state index contributed by atoms with van der Waals surface area (Å²) >= 11 is 0. The third kappa shape index (κ3) is 2.79. The standard InChI is InChI=1S/C18H20N4O3/c1-11-4-3-5-14(20-11)9-21-7-13-8-22(10-16(13)18(21)24)17(23)15-6-19-25-12(15)2/h3-6,13,16H,7-10H2,1-2H3/t13-,16+/m1/s1. The largest absolute Gasteiger partial charge is 0.361 e. The Labute approximate surface area is 145 Å². The number of aryl methyl sites for hydroxylation is 2. The molecule has 4 rings (SSSR count). The predicted octanol–water partition coefficient (Wildman–Crippen LogP) is 1.42. The molecule has 2 aromatic rings. The second-order valence-corrected chi connectivity index (χ2v) is 6.86. The molecule has 0 spiro atoms. The zero-order valence-corrected chi connectivity index (χ0v) is 14.3. The van der Waals surface area contributed by atoms with E-state index < -0.39 is 0 Å². The molecule has 2 aliphatic heterocycles. The van der Waals surface area contributed by atoms with Crippen molar-refractivity contribution in [1.29, 1.82) is 0 Å². The number of hydrogen-bond donors (Lipinski definition) is 0. The van der Waals surface area contributed by atoms with Crippen molar-refractivity contribution in [3.63, 3.8) is 0 Å². The molecule has 2 saturated heterocycles. The maximum absolute atomic E-state index is 12.7. The Morgan fingerprint density at radius 1 is 1.28 bits per heavy atom. The van der Waals surface area contributed by atoms with E-state index >= 15 is 0 Å². The highest BCUT2D eigenvalue weighted by Gasteiger charge is 2.47. The van der Waals surface area contributed by atoms with E-state index in [1.807, 2.05) is 30.0 Å². The summed E-state index contributed by atoms with van der Waals surface area (Å²) in [6.07, 6.45) is 1.45. The first-order chi connectivity index (χ1) is 12.0. The number of aromatic nitrogens is 2. The Bertz CT molecular complexity index is 831. The van der Waals surface area contributed by atoms with Crippen molar-refractivity contribution in [2.75, 3.05) is 19.6 Å². The summed E-state index contributed by atoms with van der Waals surface area (Å²) in [4.78, 5) is 33.4. The van der Waals surface area contributed by atoms with Gasteiger partial charge in [-0.1, -0.05) is 11.2 Å². The molecule has 2 amide bonds. The van der Waals surface area contributed by atoms with E-state index in [4.69, 9.17) is 4.52 Å². The lowest BCUT2D eigenvalue weighted by Crippen LogP contribution is -2.35. The molecule has 0 aromatic carbocycles. The smallest absolute Gasteiger partial charge is 0.259 e. The van der Waals surface area contributed by atoms with Crippen molar-refractivity contribution in [3.05, 3.63) is 47.1 Å². The van der Waals surface area contributed by atoms with Crippen molar-refractivity contribution in [2.45, 2.75) is 20.4 Å². The number of carbonyl (C=O) groups excluding carboxylic acids is 2. The normalized spacial score (nSPS) is 22.6. The molecule has 0 bridgehead atoms. The lowest BCUT2D eigenvalue weighted by molar-refractivity contribution is -0.131.